The Bertz CT molecular complexity index is 455. The van der Waals surface area contributed by atoms with E-state index in [2.05, 4.69) is 10.6 Å². The van der Waals surface area contributed by atoms with Crippen molar-refractivity contribution in [3.8, 4) is 0 Å². The number of nitrogens with one attached hydrogen (secondary N) is 2. The Morgan fingerprint density at radius 3 is 2.67 bits per heavy atom. The zero-order chi connectivity index (χ0) is 13.0. The Balaban J connectivity index is 1.96. The van der Waals surface area contributed by atoms with E-state index in [4.69, 9.17) is 5.11 Å². The topological polar surface area (TPSA) is 78.4 Å². The largest absolute Gasteiger partial charge is 0.481 e. The minimum Gasteiger partial charge on any atom is -0.481 e. The highest BCUT2D eigenvalue weighted by Crippen LogP contribution is 2.20. The number of hydrogen-bond acceptors (Lipinski definition) is 2. The Kier molecular flexibility index (Phi) is 3.82. The van der Waals surface area contributed by atoms with E-state index >= 15 is 0 Å². The molecule has 2 rings (SSSR count). The summed E-state index contributed by atoms with van der Waals surface area (Å²) in [6, 6.07) is 7.34. The molecule has 3 N–H and O–H groups in total. The summed E-state index contributed by atoms with van der Waals surface area (Å²) in [6.45, 7) is 0. The molecule has 0 aromatic heterocycles. The van der Waals surface area contributed by atoms with Crippen molar-refractivity contribution in [3.05, 3.63) is 29.8 Å². The van der Waals surface area contributed by atoms with Gasteiger partial charge in [-0.15, -0.1) is 0 Å². The van der Waals surface area contributed by atoms with E-state index in [-0.39, 0.29) is 12.5 Å². The third kappa shape index (κ3) is 3.76. The van der Waals surface area contributed by atoms with Gasteiger partial charge in [-0.3, -0.25) is 4.79 Å². The summed E-state index contributed by atoms with van der Waals surface area (Å²) < 4.78 is 0. The number of benzene rings is 1. The Hall–Kier alpha value is -2.04. The zero-order valence-corrected chi connectivity index (χ0v) is 9.98. The van der Waals surface area contributed by atoms with Crippen LogP contribution in [0.1, 0.15) is 24.8 Å². The minimum atomic E-state index is -0.841. The monoisotopic (exact) mass is 248 g/mol. The lowest BCUT2D eigenvalue weighted by molar-refractivity contribution is -0.136. The van der Waals surface area contributed by atoms with Crippen LogP contribution in [0, 0.1) is 0 Å². The maximum absolute atomic E-state index is 11.6. The number of rotatable bonds is 5. The fourth-order valence-electron chi connectivity index (χ4n) is 1.67. The van der Waals surface area contributed by atoms with Crippen molar-refractivity contribution < 1.29 is 14.7 Å². The van der Waals surface area contributed by atoms with E-state index in [1.54, 1.807) is 6.07 Å². The summed E-state index contributed by atoms with van der Waals surface area (Å²) in [7, 11) is 0. The summed E-state index contributed by atoms with van der Waals surface area (Å²) in [5.74, 6) is -0.841. The van der Waals surface area contributed by atoms with Crippen molar-refractivity contribution in [2.24, 2.45) is 0 Å². The van der Waals surface area contributed by atoms with E-state index in [1.807, 2.05) is 18.2 Å². The number of hydrogen-bond donors (Lipinski definition) is 3. The van der Waals surface area contributed by atoms with Gasteiger partial charge in [0.25, 0.3) is 0 Å². The van der Waals surface area contributed by atoms with Crippen LogP contribution in [-0.4, -0.2) is 23.1 Å². The van der Waals surface area contributed by atoms with Crippen molar-refractivity contribution in [1.29, 1.82) is 0 Å². The molecule has 0 radical (unpaired) electrons. The SMILES string of the molecule is O=C(O)CCc1ccccc1NC(=O)NC1CC1. The van der Waals surface area contributed by atoms with Gasteiger partial charge in [0.1, 0.15) is 0 Å². The summed E-state index contributed by atoms with van der Waals surface area (Å²) in [4.78, 5) is 22.2. The number of urea groups is 1. The molecule has 0 heterocycles. The number of carbonyl (C=O) groups is 2. The molecule has 0 bridgehead atoms. The summed E-state index contributed by atoms with van der Waals surface area (Å²) in [5, 5.41) is 14.3. The summed E-state index contributed by atoms with van der Waals surface area (Å²) in [5.41, 5.74) is 1.52. The highest BCUT2D eigenvalue weighted by molar-refractivity contribution is 5.90. The van der Waals surface area contributed by atoms with E-state index in [0.717, 1.165) is 18.4 Å². The minimum absolute atomic E-state index is 0.0585. The quantitative estimate of drug-likeness (QED) is 0.745. The fraction of sp³-hybridized carbons (Fsp3) is 0.385. The number of amides is 2. The summed E-state index contributed by atoms with van der Waals surface area (Å²) in [6.07, 6.45) is 2.54. The van der Waals surface area contributed by atoms with Gasteiger partial charge in [-0.2, -0.15) is 0 Å². The molecule has 0 unspecified atom stereocenters. The number of carboxylic acids is 1. The van der Waals surface area contributed by atoms with Gasteiger partial charge in [0.2, 0.25) is 0 Å². The lowest BCUT2D eigenvalue weighted by atomic mass is 10.1. The van der Waals surface area contributed by atoms with Crippen molar-refractivity contribution >= 4 is 17.7 Å². The van der Waals surface area contributed by atoms with E-state index < -0.39 is 5.97 Å². The number of aliphatic carboxylic acids is 1. The molecule has 5 heteroatoms. The molecule has 0 spiro atoms. The van der Waals surface area contributed by atoms with Crippen molar-refractivity contribution in [2.45, 2.75) is 31.7 Å². The third-order valence-electron chi connectivity index (χ3n) is 2.79. The van der Waals surface area contributed by atoms with Gasteiger partial charge >= 0.3 is 12.0 Å². The van der Waals surface area contributed by atoms with Crippen LogP contribution in [0.25, 0.3) is 0 Å². The number of para-hydroxylation sites is 1. The molecule has 18 heavy (non-hydrogen) atoms. The van der Waals surface area contributed by atoms with E-state index in [0.29, 0.717) is 18.2 Å². The fourth-order valence-corrected chi connectivity index (χ4v) is 1.67. The van der Waals surface area contributed by atoms with Crippen LogP contribution in [0.3, 0.4) is 0 Å². The Morgan fingerprint density at radius 2 is 2.00 bits per heavy atom. The van der Waals surface area contributed by atoms with Crippen LogP contribution in [0.2, 0.25) is 0 Å². The standard InChI is InChI=1S/C13H16N2O3/c16-12(17)8-5-9-3-1-2-4-11(9)15-13(18)14-10-6-7-10/h1-4,10H,5-8H2,(H,16,17)(H2,14,15,18). The number of anilines is 1. The molecule has 5 nitrogen and oxygen atoms in total. The Labute approximate surface area is 105 Å². The molecular weight excluding hydrogens is 232 g/mol. The van der Waals surface area contributed by atoms with Crippen molar-refractivity contribution in [3.63, 3.8) is 0 Å². The molecule has 1 aromatic rings. The predicted molar refractivity (Wildman–Crippen MR) is 67.6 cm³/mol. The molecular formula is C13H16N2O3. The van der Waals surface area contributed by atoms with Gasteiger partial charge < -0.3 is 15.7 Å². The van der Waals surface area contributed by atoms with Gasteiger partial charge in [-0.1, -0.05) is 18.2 Å². The van der Waals surface area contributed by atoms with Gasteiger partial charge in [0.15, 0.2) is 0 Å². The van der Waals surface area contributed by atoms with E-state index in [1.165, 1.54) is 0 Å². The molecule has 0 saturated heterocycles. The third-order valence-corrected chi connectivity index (χ3v) is 2.79. The molecule has 96 valence electrons. The average molecular weight is 248 g/mol. The number of aryl methyl sites for hydroxylation is 1. The van der Waals surface area contributed by atoms with E-state index in [9.17, 15) is 9.59 Å². The second-order valence-electron chi connectivity index (χ2n) is 4.42. The smallest absolute Gasteiger partial charge is 0.319 e. The molecule has 1 aliphatic rings. The number of carbonyl (C=O) groups excluding carboxylic acids is 1. The highest BCUT2D eigenvalue weighted by atomic mass is 16.4. The van der Waals surface area contributed by atoms with Crippen LogP contribution in [0.4, 0.5) is 10.5 Å². The first-order valence-corrected chi connectivity index (χ1v) is 6.02. The van der Waals surface area contributed by atoms with Crippen LogP contribution in [0.5, 0.6) is 0 Å². The lowest BCUT2D eigenvalue weighted by Crippen LogP contribution is -2.30. The molecule has 1 aromatic carbocycles. The van der Waals surface area contributed by atoms with Gasteiger partial charge in [0.05, 0.1) is 0 Å². The average Bonchev–Trinajstić information content (AvgIpc) is 3.11. The molecule has 1 aliphatic carbocycles. The highest BCUT2D eigenvalue weighted by Gasteiger charge is 2.23. The second-order valence-corrected chi connectivity index (χ2v) is 4.42. The van der Waals surface area contributed by atoms with Crippen molar-refractivity contribution in [1.82, 2.24) is 5.32 Å². The Morgan fingerprint density at radius 1 is 1.28 bits per heavy atom. The van der Waals surface area contributed by atoms with Gasteiger partial charge in [-0.25, -0.2) is 4.79 Å². The normalized spacial score (nSPS) is 14.0. The molecule has 1 saturated carbocycles. The summed E-state index contributed by atoms with van der Waals surface area (Å²) >= 11 is 0. The molecule has 2 amide bonds. The zero-order valence-electron chi connectivity index (χ0n) is 9.98. The first-order valence-electron chi connectivity index (χ1n) is 6.02. The van der Waals surface area contributed by atoms with Crippen LogP contribution >= 0.6 is 0 Å². The maximum atomic E-state index is 11.6. The molecule has 1 fully saturated rings. The molecule has 0 aliphatic heterocycles. The predicted octanol–water partition coefficient (Wildman–Crippen LogP) is 1.99. The number of carboxylic acid groups (broad SMARTS) is 1. The molecule has 0 atom stereocenters. The lowest BCUT2D eigenvalue weighted by Gasteiger charge is -2.10. The van der Waals surface area contributed by atoms with Gasteiger partial charge in [0, 0.05) is 18.2 Å². The first kappa shape index (κ1) is 12.4. The second kappa shape index (κ2) is 5.53. The van der Waals surface area contributed by atoms with Crippen LogP contribution < -0.4 is 10.6 Å². The van der Waals surface area contributed by atoms with Crippen LogP contribution in [0.15, 0.2) is 24.3 Å². The maximum Gasteiger partial charge on any atom is 0.319 e. The van der Waals surface area contributed by atoms with Crippen molar-refractivity contribution in [2.75, 3.05) is 5.32 Å². The van der Waals surface area contributed by atoms with Gasteiger partial charge in [-0.05, 0) is 30.9 Å². The first-order chi connectivity index (χ1) is 8.65. The van der Waals surface area contributed by atoms with Crippen LogP contribution in [-0.2, 0) is 11.2 Å².